The van der Waals surface area contributed by atoms with E-state index >= 15 is 0 Å². The van der Waals surface area contributed by atoms with E-state index in [0.29, 0.717) is 11.3 Å². The molecule has 2 aromatic carbocycles. The van der Waals surface area contributed by atoms with E-state index < -0.39 is 5.91 Å². The normalized spacial score (nSPS) is 16.5. The topological polar surface area (TPSA) is 96.4 Å². The standard InChI is InChI=1S/C19H19NO2.C5H9NO4/c1-13-7-6-12-20(13)19(21)22-18-16-10-4-2-8-14(16)15-9-3-5-11-17(15)18;1-6(10-9)5(8)3-2-4-7/h2-5,8-11,13,18H,6-7,12H2,1H3;4,9H,2-3H2,1H3. The summed E-state index contributed by atoms with van der Waals surface area (Å²) in [5.74, 6) is -0.436. The fourth-order valence-corrected chi connectivity index (χ4v) is 3.99. The van der Waals surface area contributed by atoms with Crippen molar-refractivity contribution in [3.63, 3.8) is 0 Å². The molecule has 1 aliphatic heterocycles. The van der Waals surface area contributed by atoms with Gasteiger partial charge in [-0.3, -0.25) is 4.79 Å². The third-order valence-electron chi connectivity index (χ3n) is 5.73. The van der Waals surface area contributed by atoms with Crippen LogP contribution in [0.5, 0.6) is 0 Å². The largest absolute Gasteiger partial charge is 0.436 e. The van der Waals surface area contributed by atoms with Gasteiger partial charge in [0.25, 0.3) is 0 Å². The Morgan fingerprint density at radius 2 is 1.72 bits per heavy atom. The smallest absolute Gasteiger partial charge is 0.410 e. The average molecular weight is 440 g/mol. The third-order valence-corrected chi connectivity index (χ3v) is 5.73. The van der Waals surface area contributed by atoms with E-state index in [0.717, 1.165) is 30.5 Å². The van der Waals surface area contributed by atoms with E-state index in [1.165, 1.54) is 18.2 Å². The number of amides is 2. The summed E-state index contributed by atoms with van der Waals surface area (Å²) in [4.78, 5) is 38.3. The van der Waals surface area contributed by atoms with Crippen LogP contribution in [0.4, 0.5) is 4.79 Å². The maximum absolute atomic E-state index is 12.5. The molecule has 4 rings (SSSR count). The minimum absolute atomic E-state index is 0.0561. The van der Waals surface area contributed by atoms with Crippen molar-refractivity contribution >= 4 is 18.3 Å². The summed E-state index contributed by atoms with van der Waals surface area (Å²) in [7, 11) is 1.26. The van der Waals surface area contributed by atoms with Crippen molar-refractivity contribution < 1.29 is 29.4 Å². The van der Waals surface area contributed by atoms with Crippen LogP contribution < -0.4 is 0 Å². The van der Waals surface area contributed by atoms with Gasteiger partial charge in [0, 0.05) is 43.6 Å². The van der Waals surface area contributed by atoms with Gasteiger partial charge in [0.2, 0.25) is 5.91 Å². The molecule has 1 saturated heterocycles. The lowest BCUT2D eigenvalue weighted by atomic mass is 10.1. The molecule has 1 fully saturated rings. The van der Waals surface area contributed by atoms with Gasteiger partial charge >= 0.3 is 6.09 Å². The first kappa shape index (κ1) is 23.4. The van der Waals surface area contributed by atoms with E-state index in [-0.39, 0.29) is 31.1 Å². The number of fused-ring (bicyclic) bond motifs is 3. The van der Waals surface area contributed by atoms with Crippen molar-refractivity contribution in [1.29, 1.82) is 0 Å². The number of benzene rings is 2. The first-order valence-electron chi connectivity index (χ1n) is 10.6. The number of rotatable bonds is 5. The molecular formula is C24H28N2O6. The molecule has 2 aromatic rings. The lowest BCUT2D eigenvalue weighted by Gasteiger charge is -2.24. The Bertz CT molecular complexity index is 918. The lowest BCUT2D eigenvalue weighted by molar-refractivity contribution is -0.371. The molecule has 0 aromatic heterocycles. The lowest BCUT2D eigenvalue weighted by Crippen LogP contribution is -2.34. The molecule has 0 radical (unpaired) electrons. The Morgan fingerprint density at radius 3 is 2.22 bits per heavy atom. The Kier molecular flexibility index (Phi) is 7.97. The fourth-order valence-electron chi connectivity index (χ4n) is 3.99. The Morgan fingerprint density at radius 1 is 1.12 bits per heavy atom. The third kappa shape index (κ3) is 5.15. The van der Waals surface area contributed by atoms with Gasteiger partial charge < -0.3 is 14.4 Å². The molecule has 2 aliphatic rings. The molecule has 2 amide bonds. The Labute approximate surface area is 187 Å². The second-order valence-corrected chi connectivity index (χ2v) is 7.80. The number of aldehydes is 1. The van der Waals surface area contributed by atoms with Crippen molar-refractivity contribution in [3.8, 4) is 11.1 Å². The number of hydroxylamine groups is 2. The molecule has 0 saturated carbocycles. The number of hydrogen-bond donors (Lipinski definition) is 1. The molecule has 1 unspecified atom stereocenters. The quantitative estimate of drug-likeness (QED) is 0.425. The first-order valence-corrected chi connectivity index (χ1v) is 10.6. The maximum Gasteiger partial charge on any atom is 0.410 e. The van der Waals surface area contributed by atoms with E-state index in [4.69, 9.17) is 9.99 Å². The first-order chi connectivity index (χ1) is 15.5. The highest BCUT2D eigenvalue weighted by molar-refractivity contribution is 5.80. The second kappa shape index (κ2) is 10.9. The minimum atomic E-state index is -0.436. The second-order valence-electron chi connectivity index (χ2n) is 7.80. The SMILES string of the molecule is CC1CCCN1C(=O)OC1c2ccccc2-c2ccccc21.CN(OO)C(=O)CCC=O. The molecule has 8 heteroatoms. The van der Waals surface area contributed by atoms with Crippen LogP contribution in [0.2, 0.25) is 0 Å². The summed E-state index contributed by atoms with van der Waals surface area (Å²) >= 11 is 0. The monoisotopic (exact) mass is 440 g/mol. The van der Waals surface area contributed by atoms with Crippen LogP contribution in [0.1, 0.15) is 49.8 Å². The van der Waals surface area contributed by atoms with E-state index in [1.54, 1.807) is 0 Å². The van der Waals surface area contributed by atoms with Crippen molar-refractivity contribution in [2.24, 2.45) is 0 Å². The zero-order chi connectivity index (χ0) is 23.1. The number of nitrogens with zero attached hydrogens (tertiary/aromatic N) is 2. The van der Waals surface area contributed by atoms with Gasteiger partial charge in [-0.1, -0.05) is 48.5 Å². The summed E-state index contributed by atoms with van der Waals surface area (Å²) in [6, 6.07) is 16.7. The molecule has 32 heavy (non-hydrogen) atoms. The molecular weight excluding hydrogens is 412 g/mol. The summed E-state index contributed by atoms with van der Waals surface area (Å²) < 4.78 is 5.91. The van der Waals surface area contributed by atoms with Gasteiger partial charge in [-0.05, 0) is 30.9 Å². The van der Waals surface area contributed by atoms with E-state index in [2.05, 4.69) is 36.2 Å². The minimum Gasteiger partial charge on any atom is -0.436 e. The number of hydrogen-bond acceptors (Lipinski definition) is 6. The van der Waals surface area contributed by atoms with Crippen LogP contribution in [0, 0.1) is 0 Å². The van der Waals surface area contributed by atoms with Gasteiger partial charge in [-0.25, -0.2) is 10.1 Å². The van der Waals surface area contributed by atoms with Gasteiger partial charge in [0.05, 0.1) is 0 Å². The average Bonchev–Trinajstić information content (AvgIpc) is 3.39. The van der Waals surface area contributed by atoms with Gasteiger partial charge in [0.1, 0.15) is 6.29 Å². The van der Waals surface area contributed by atoms with Crippen molar-refractivity contribution in [3.05, 3.63) is 59.7 Å². The van der Waals surface area contributed by atoms with Gasteiger partial charge in [-0.15, -0.1) is 4.99 Å². The van der Waals surface area contributed by atoms with Crippen molar-refractivity contribution in [2.45, 2.75) is 44.8 Å². The van der Waals surface area contributed by atoms with Crippen LogP contribution in [0.15, 0.2) is 48.5 Å². The number of carbonyl (C=O) groups excluding carboxylic acids is 3. The Balaban J connectivity index is 0.000000247. The summed E-state index contributed by atoms with van der Waals surface area (Å²) in [5.41, 5.74) is 4.52. The zero-order valence-corrected chi connectivity index (χ0v) is 18.3. The van der Waals surface area contributed by atoms with E-state index in [1.807, 2.05) is 29.2 Å². The molecule has 170 valence electrons. The highest BCUT2D eigenvalue weighted by Crippen LogP contribution is 2.45. The number of likely N-dealkylation sites (tertiary alicyclic amines) is 1. The summed E-state index contributed by atoms with van der Waals surface area (Å²) in [6.45, 7) is 2.89. The fraction of sp³-hybridized carbons (Fsp3) is 0.375. The van der Waals surface area contributed by atoms with Crippen molar-refractivity contribution in [2.75, 3.05) is 13.6 Å². The van der Waals surface area contributed by atoms with E-state index in [9.17, 15) is 14.4 Å². The molecule has 1 atom stereocenters. The van der Waals surface area contributed by atoms with Crippen molar-refractivity contribution in [1.82, 2.24) is 9.96 Å². The zero-order valence-electron chi connectivity index (χ0n) is 18.3. The van der Waals surface area contributed by atoms with Crippen LogP contribution in [-0.2, 0) is 19.3 Å². The Hall–Kier alpha value is -3.23. The summed E-state index contributed by atoms with van der Waals surface area (Å²) in [5, 5.41) is 8.58. The van der Waals surface area contributed by atoms with Gasteiger partial charge in [0.15, 0.2) is 6.10 Å². The molecule has 0 bridgehead atoms. The number of carbonyl (C=O) groups is 3. The van der Waals surface area contributed by atoms with Crippen LogP contribution >= 0.6 is 0 Å². The van der Waals surface area contributed by atoms with Crippen LogP contribution in [0.25, 0.3) is 11.1 Å². The number of ether oxygens (including phenoxy) is 1. The highest BCUT2D eigenvalue weighted by atomic mass is 17.2. The highest BCUT2D eigenvalue weighted by Gasteiger charge is 2.34. The van der Waals surface area contributed by atoms with Crippen LogP contribution in [-0.4, -0.2) is 53.1 Å². The van der Waals surface area contributed by atoms with Gasteiger partial charge in [-0.2, -0.15) is 5.06 Å². The molecule has 1 N–H and O–H groups in total. The predicted octanol–water partition coefficient (Wildman–Crippen LogP) is 4.21. The van der Waals surface area contributed by atoms with Crippen LogP contribution in [0.3, 0.4) is 0 Å². The predicted molar refractivity (Wildman–Crippen MR) is 117 cm³/mol. The molecule has 8 nitrogen and oxygen atoms in total. The molecule has 1 aliphatic carbocycles. The molecule has 1 heterocycles. The summed E-state index contributed by atoms with van der Waals surface area (Å²) in [6.07, 6.45) is 2.48. The molecule has 0 spiro atoms. The maximum atomic E-state index is 12.5.